The van der Waals surface area contributed by atoms with Crippen LogP contribution in [0.25, 0.3) is 0 Å². The molecule has 0 heterocycles. The minimum absolute atomic E-state index is 0.0860. The third kappa shape index (κ3) is 6.46. The lowest BCUT2D eigenvalue weighted by atomic mass is 9.86. The summed E-state index contributed by atoms with van der Waals surface area (Å²) in [5, 5.41) is 9.41. The van der Waals surface area contributed by atoms with Crippen LogP contribution in [0.1, 0.15) is 41.5 Å². The predicted octanol–water partition coefficient (Wildman–Crippen LogP) is 2.14. The van der Waals surface area contributed by atoms with Crippen LogP contribution in [0.5, 0.6) is 0 Å². The molecule has 0 aromatic heterocycles. The molecule has 16 heavy (non-hydrogen) atoms. The van der Waals surface area contributed by atoms with Gasteiger partial charge in [-0.25, -0.2) is 0 Å². The highest BCUT2D eigenvalue weighted by molar-refractivity contribution is 4.80. The monoisotopic (exact) mass is 231 g/mol. The van der Waals surface area contributed by atoms with Crippen LogP contribution >= 0.6 is 0 Å². The Balaban J connectivity index is 4.09. The van der Waals surface area contributed by atoms with Crippen molar-refractivity contribution in [1.82, 2.24) is 4.90 Å². The molecule has 1 N–H and O–H groups in total. The first-order valence-electron chi connectivity index (χ1n) is 6.03. The normalized spacial score (nSPS) is 15.6. The number of aliphatic hydroxyl groups is 1. The first kappa shape index (κ1) is 15.9. The second kappa shape index (κ2) is 5.99. The Morgan fingerprint density at radius 2 is 1.62 bits per heavy atom. The lowest BCUT2D eigenvalue weighted by Gasteiger charge is -2.37. The number of hydrogen-bond donors (Lipinski definition) is 1. The van der Waals surface area contributed by atoms with Crippen molar-refractivity contribution < 1.29 is 9.84 Å². The van der Waals surface area contributed by atoms with E-state index in [1.807, 2.05) is 7.05 Å². The van der Waals surface area contributed by atoms with Crippen molar-refractivity contribution in [3.63, 3.8) is 0 Å². The SMILES string of the molecule is CN(CCOC(C)(C)C)C(CO)C(C)(C)C. The predicted molar refractivity (Wildman–Crippen MR) is 68.7 cm³/mol. The zero-order valence-corrected chi connectivity index (χ0v) is 12.0. The summed E-state index contributed by atoms with van der Waals surface area (Å²) in [5.41, 5.74) is 0.00250. The van der Waals surface area contributed by atoms with Gasteiger partial charge in [0.15, 0.2) is 0 Å². The average Bonchev–Trinajstić information content (AvgIpc) is 1.99. The molecule has 0 spiro atoms. The highest BCUT2D eigenvalue weighted by atomic mass is 16.5. The van der Waals surface area contributed by atoms with Crippen molar-refractivity contribution in [2.24, 2.45) is 5.41 Å². The van der Waals surface area contributed by atoms with E-state index in [4.69, 9.17) is 4.74 Å². The Kier molecular flexibility index (Phi) is 5.94. The molecule has 0 fully saturated rings. The molecule has 0 aliphatic heterocycles. The second-order valence-corrected chi connectivity index (χ2v) is 6.51. The molecule has 0 aliphatic carbocycles. The Hall–Kier alpha value is -0.120. The Labute approximate surface area is 101 Å². The lowest BCUT2D eigenvalue weighted by Crippen LogP contribution is -2.46. The Bertz CT molecular complexity index is 191. The average molecular weight is 231 g/mol. The zero-order valence-electron chi connectivity index (χ0n) is 12.0. The fourth-order valence-electron chi connectivity index (χ4n) is 1.73. The highest BCUT2D eigenvalue weighted by Gasteiger charge is 2.27. The fourth-order valence-corrected chi connectivity index (χ4v) is 1.73. The van der Waals surface area contributed by atoms with E-state index >= 15 is 0 Å². The molecule has 0 aliphatic rings. The van der Waals surface area contributed by atoms with Crippen LogP contribution in [0.4, 0.5) is 0 Å². The van der Waals surface area contributed by atoms with Crippen molar-refractivity contribution in [3.05, 3.63) is 0 Å². The zero-order chi connectivity index (χ0) is 13.0. The smallest absolute Gasteiger partial charge is 0.0600 e. The molecule has 0 bridgehead atoms. The van der Waals surface area contributed by atoms with Gasteiger partial charge >= 0.3 is 0 Å². The molecular formula is C13H29NO2. The Morgan fingerprint density at radius 3 is 1.94 bits per heavy atom. The van der Waals surface area contributed by atoms with Gasteiger partial charge in [0, 0.05) is 12.6 Å². The molecule has 1 atom stereocenters. The van der Waals surface area contributed by atoms with E-state index in [1.165, 1.54) is 0 Å². The number of rotatable bonds is 5. The van der Waals surface area contributed by atoms with Gasteiger partial charge in [-0.3, -0.25) is 4.90 Å². The summed E-state index contributed by atoms with van der Waals surface area (Å²) < 4.78 is 5.68. The van der Waals surface area contributed by atoms with E-state index < -0.39 is 0 Å². The number of likely N-dealkylation sites (N-methyl/N-ethyl adjacent to an activating group) is 1. The molecule has 98 valence electrons. The maximum Gasteiger partial charge on any atom is 0.0600 e. The van der Waals surface area contributed by atoms with E-state index in [9.17, 15) is 5.11 Å². The first-order valence-corrected chi connectivity index (χ1v) is 6.03. The van der Waals surface area contributed by atoms with Gasteiger partial charge in [0.25, 0.3) is 0 Å². The van der Waals surface area contributed by atoms with Crippen LogP contribution in [0.2, 0.25) is 0 Å². The van der Waals surface area contributed by atoms with Crippen molar-refractivity contribution in [1.29, 1.82) is 0 Å². The first-order chi connectivity index (χ1) is 7.08. The van der Waals surface area contributed by atoms with Crippen LogP contribution < -0.4 is 0 Å². The van der Waals surface area contributed by atoms with E-state index in [0.29, 0.717) is 6.61 Å². The molecule has 3 heteroatoms. The van der Waals surface area contributed by atoms with Crippen LogP contribution in [0.15, 0.2) is 0 Å². The summed E-state index contributed by atoms with van der Waals surface area (Å²) in [5.74, 6) is 0. The van der Waals surface area contributed by atoms with Gasteiger partial charge in [-0.05, 0) is 33.2 Å². The van der Waals surface area contributed by atoms with Gasteiger partial charge in [0.2, 0.25) is 0 Å². The van der Waals surface area contributed by atoms with E-state index in [1.54, 1.807) is 0 Å². The van der Waals surface area contributed by atoms with Gasteiger partial charge in [-0.15, -0.1) is 0 Å². The van der Waals surface area contributed by atoms with E-state index in [0.717, 1.165) is 6.54 Å². The second-order valence-electron chi connectivity index (χ2n) is 6.51. The van der Waals surface area contributed by atoms with Gasteiger partial charge in [0.1, 0.15) is 0 Å². The van der Waals surface area contributed by atoms with Gasteiger partial charge in [0.05, 0.1) is 18.8 Å². The van der Waals surface area contributed by atoms with Gasteiger partial charge in [-0.2, -0.15) is 0 Å². The standard InChI is InChI=1S/C13H29NO2/c1-12(2,3)11(10-15)14(7)8-9-16-13(4,5)6/h11,15H,8-10H2,1-7H3. The molecule has 1 unspecified atom stereocenters. The summed E-state index contributed by atoms with van der Waals surface area (Å²) in [6.07, 6.45) is 0. The van der Waals surface area contributed by atoms with Crippen molar-refractivity contribution in [3.8, 4) is 0 Å². The van der Waals surface area contributed by atoms with Crippen LogP contribution in [-0.2, 0) is 4.74 Å². The Morgan fingerprint density at radius 1 is 1.12 bits per heavy atom. The van der Waals surface area contributed by atoms with Crippen LogP contribution in [0, 0.1) is 5.41 Å². The maximum atomic E-state index is 9.41. The van der Waals surface area contributed by atoms with Crippen molar-refractivity contribution in [2.75, 3.05) is 26.8 Å². The number of nitrogens with zero attached hydrogens (tertiary/aromatic N) is 1. The largest absolute Gasteiger partial charge is 0.395 e. The number of hydrogen-bond acceptors (Lipinski definition) is 3. The van der Waals surface area contributed by atoms with Crippen molar-refractivity contribution >= 4 is 0 Å². The molecule has 0 aromatic rings. The molecule has 0 rings (SSSR count). The summed E-state index contributed by atoms with van der Waals surface area (Å²) in [6.45, 7) is 14.3. The lowest BCUT2D eigenvalue weighted by molar-refractivity contribution is -0.0255. The molecule has 0 radical (unpaired) electrons. The van der Waals surface area contributed by atoms with Crippen LogP contribution in [-0.4, -0.2) is 48.5 Å². The minimum atomic E-state index is -0.0860. The quantitative estimate of drug-likeness (QED) is 0.787. The maximum absolute atomic E-state index is 9.41. The summed E-state index contributed by atoms with van der Waals surface area (Å²) in [6, 6.07) is 0.177. The van der Waals surface area contributed by atoms with Crippen LogP contribution in [0.3, 0.4) is 0 Å². The molecule has 0 aromatic carbocycles. The molecule has 0 saturated carbocycles. The van der Waals surface area contributed by atoms with E-state index in [2.05, 4.69) is 46.4 Å². The number of ether oxygens (including phenoxy) is 1. The molecule has 3 nitrogen and oxygen atoms in total. The number of aliphatic hydroxyl groups excluding tert-OH is 1. The topological polar surface area (TPSA) is 32.7 Å². The summed E-state index contributed by atoms with van der Waals surface area (Å²) in [4.78, 5) is 2.17. The summed E-state index contributed by atoms with van der Waals surface area (Å²) in [7, 11) is 2.04. The van der Waals surface area contributed by atoms with Gasteiger partial charge in [-0.1, -0.05) is 20.8 Å². The fraction of sp³-hybridized carbons (Fsp3) is 1.00. The summed E-state index contributed by atoms with van der Waals surface area (Å²) >= 11 is 0. The van der Waals surface area contributed by atoms with Crippen molar-refractivity contribution in [2.45, 2.75) is 53.2 Å². The van der Waals surface area contributed by atoms with E-state index in [-0.39, 0.29) is 23.7 Å². The molecular weight excluding hydrogens is 202 g/mol. The third-order valence-corrected chi connectivity index (χ3v) is 2.68. The molecule has 0 amide bonds. The molecule has 0 saturated heterocycles. The highest BCUT2D eigenvalue weighted by Crippen LogP contribution is 2.23. The third-order valence-electron chi connectivity index (χ3n) is 2.68. The van der Waals surface area contributed by atoms with Gasteiger partial charge < -0.3 is 9.84 Å². The minimum Gasteiger partial charge on any atom is -0.395 e.